The number of aromatic nitrogens is 1. The van der Waals surface area contributed by atoms with E-state index in [2.05, 4.69) is 9.88 Å². The maximum absolute atomic E-state index is 12.1. The van der Waals surface area contributed by atoms with Gasteiger partial charge in [0.25, 0.3) is 0 Å². The largest absolute Gasteiger partial charge is 0.462 e. The van der Waals surface area contributed by atoms with Gasteiger partial charge in [-0.3, -0.25) is 0 Å². The molecule has 1 aromatic rings. The highest BCUT2D eigenvalue weighted by molar-refractivity contribution is 5.95. The molecule has 1 saturated heterocycles. The Morgan fingerprint density at radius 3 is 2.81 bits per heavy atom. The predicted molar refractivity (Wildman–Crippen MR) is 81.4 cm³/mol. The van der Waals surface area contributed by atoms with E-state index in [-0.39, 0.29) is 5.97 Å². The quantitative estimate of drug-likeness (QED) is 0.833. The van der Waals surface area contributed by atoms with Crippen LogP contribution in [0.5, 0.6) is 0 Å². The molecule has 2 heterocycles. The Labute approximate surface area is 125 Å². The fraction of sp³-hybridized carbons (Fsp3) is 0.600. The first-order valence-electron chi connectivity index (χ1n) is 7.32. The number of nitrogen functional groups attached to an aromatic ring is 1. The molecule has 1 aliphatic rings. The second-order valence-electron chi connectivity index (χ2n) is 5.25. The molecular formula is C15H23N3O3. The summed E-state index contributed by atoms with van der Waals surface area (Å²) >= 11 is 0. The van der Waals surface area contributed by atoms with Gasteiger partial charge in [-0.05, 0) is 31.7 Å². The van der Waals surface area contributed by atoms with E-state index in [1.165, 1.54) is 0 Å². The number of ether oxygens (including phenoxy) is 2. The molecule has 0 atom stereocenters. The number of piperidine rings is 1. The van der Waals surface area contributed by atoms with Gasteiger partial charge in [0.05, 0.1) is 18.5 Å². The van der Waals surface area contributed by atoms with Crippen LogP contribution >= 0.6 is 0 Å². The van der Waals surface area contributed by atoms with Crippen LogP contribution in [0.3, 0.4) is 0 Å². The number of hydrogen-bond acceptors (Lipinski definition) is 6. The van der Waals surface area contributed by atoms with E-state index in [9.17, 15) is 4.79 Å². The lowest BCUT2D eigenvalue weighted by molar-refractivity contribution is 0.0526. The van der Waals surface area contributed by atoms with E-state index in [1.807, 2.05) is 0 Å². The summed E-state index contributed by atoms with van der Waals surface area (Å²) in [7, 11) is 1.73. The van der Waals surface area contributed by atoms with Gasteiger partial charge in [-0.15, -0.1) is 0 Å². The average Bonchev–Trinajstić information content (AvgIpc) is 2.49. The first-order valence-corrected chi connectivity index (χ1v) is 7.32. The minimum Gasteiger partial charge on any atom is -0.462 e. The highest BCUT2D eigenvalue weighted by Crippen LogP contribution is 2.26. The Balaban J connectivity index is 2.14. The Hall–Kier alpha value is -1.82. The zero-order chi connectivity index (χ0) is 15.2. The molecule has 116 valence electrons. The SMILES string of the molecule is CCOC(=O)c1cc(N)cnc1N1CCC(COC)CC1. The molecule has 0 bridgehead atoms. The highest BCUT2D eigenvalue weighted by atomic mass is 16.5. The zero-order valence-electron chi connectivity index (χ0n) is 12.7. The lowest BCUT2D eigenvalue weighted by atomic mass is 9.97. The van der Waals surface area contributed by atoms with Crippen molar-refractivity contribution in [2.45, 2.75) is 19.8 Å². The van der Waals surface area contributed by atoms with Crippen molar-refractivity contribution < 1.29 is 14.3 Å². The summed E-state index contributed by atoms with van der Waals surface area (Å²) < 4.78 is 10.3. The van der Waals surface area contributed by atoms with Gasteiger partial charge in [0.2, 0.25) is 0 Å². The van der Waals surface area contributed by atoms with Crippen LogP contribution in [0.1, 0.15) is 30.1 Å². The number of carbonyl (C=O) groups excluding carboxylic acids is 1. The number of rotatable bonds is 5. The van der Waals surface area contributed by atoms with Crippen molar-refractivity contribution in [1.29, 1.82) is 0 Å². The van der Waals surface area contributed by atoms with E-state index in [0.29, 0.717) is 29.6 Å². The van der Waals surface area contributed by atoms with Gasteiger partial charge in [0.1, 0.15) is 11.4 Å². The molecular weight excluding hydrogens is 270 g/mol. The molecule has 2 rings (SSSR count). The van der Waals surface area contributed by atoms with Crippen LogP contribution in [-0.2, 0) is 9.47 Å². The number of esters is 1. The van der Waals surface area contributed by atoms with Crippen molar-refractivity contribution in [1.82, 2.24) is 4.98 Å². The smallest absolute Gasteiger partial charge is 0.341 e. The summed E-state index contributed by atoms with van der Waals surface area (Å²) in [5, 5.41) is 0. The van der Waals surface area contributed by atoms with Crippen LogP contribution in [0.2, 0.25) is 0 Å². The van der Waals surface area contributed by atoms with Gasteiger partial charge < -0.3 is 20.1 Å². The third-order valence-corrected chi connectivity index (χ3v) is 3.70. The summed E-state index contributed by atoms with van der Waals surface area (Å²) in [4.78, 5) is 18.5. The van der Waals surface area contributed by atoms with Crippen molar-refractivity contribution in [3.63, 3.8) is 0 Å². The van der Waals surface area contributed by atoms with Crippen LogP contribution in [0.4, 0.5) is 11.5 Å². The molecule has 0 saturated carbocycles. The van der Waals surface area contributed by atoms with Crippen molar-refractivity contribution in [2.75, 3.05) is 44.0 Å². The fourth-order valence-electron chi connectivity index (χ4n) is 2.63. The molecule has 2 N–H and O–H groups in total. The summed E-state index contributed by atoms with van der Waals surface area (Å²) in [5.41, 5.74) is 6.66. The van der Waals surface area contributed by atoms with E-state index >= 15 is 0 Å². The number of carbonyl (C=O) groups is 1. The monoisotopic (exact) mass is 293 g/mol. The Morgan fingerprint density at radius 1 is 1.48 bits per heavy atom. The third-order valence-electron chi connectivity index (χ3n) is 3.70. The third kappa shape index (κ3) is 3.85. The summed E-state index contributed by atoms with van der Waals surface area (Å²) in [5.74, 6) is 0.871. The first-order chi connectivity index (χ1) is 10.2. The molecule has 0 spiro atoms. The van der Waals surface area contributed by atoms with E-state index < -0.39 is 0 Å². The molecule has 1 aliphatic heterocycles. The Kier molecular flexibility index (Phi) is 5.38. The number of nitrogens with zero attached hydrogens (tertiary/aromatic N) is 2. The minimum absolute atomic E-state index is 0.336. The Morgan fingerprint density at radius 2 is 2.19 bits per heavy atom. The maximum Gasteiger partial charge on any atom is 0.341 e. The van der Waals surface area contributed by atoms with Crippen LogP contribution in [0.25, 0.3) is 0 Å². The van der Waals surface area contributed by atoms with Crippen molar-refractivity contribution >= 4 is 17.5 Å². The fourth-order valence-corrected chi connectivity index (χ4v) is 2.63. The van der Waals surface area contributed by atoms with Crippen molar-refractivity contribution in [3.05, 3.63) is 17.8 Å². The molecule has 0 unspecified atom stereocenters. The van der Waals surface area contributed by atoms with Gasteiger partial charge in [-0.2, -0.15) is 0 Å². The van der Waals surface area contributed by atoms with Crippen LogP contribution < -0.4 is 10.6 Å². The van der Waals surface area contributed by atoms with Gasteiger partial charge in [0.15, 0.2) is 0 Å². The number of hydrogen-bond donors (Lipinski definition) is 1. The second-order valence-corrected chi connectivity index (χ2v) is 5.25. The lowest BCUT2D eigenvalue weighted by Gasteiger charge is -2.33. The van der Waals surface area contributed by atoms with Crippen LogP contribution in [0, 0.1) is 5.92 Å². The van der Waals surface area contributed by atoms with Gasteiger partial charge >= 0.3 is 5.97 Å². The van der Waals surface area contributed by atoms with Gasteiger partial charge in [-0.1, -0.05) is 0 Å². The number of pyridine rings is 1. The predicted octanol–water partition coefficient (Wildman–Crippen LogP) is 1.70. The summed E-state index contributed by atoms with van der Waals surface area (Å²) in [6.07, 6.45) is 3.64. The standard InChI is InChI=1S/C15H23N3O3/c1-3-21-15(19)13-8-12(16)9-17-14(13)18-6-4-11(5-7-18)10-20-2/h8-9,11H,3-7,10,16H2,1-2H3. The number of nitrogens with two attached hydrogens (primary N) is 1. The zero-order valence-corrected chi connectivity index (χ0v) is 12.7. The molecule has 1 aromatic heterocycles. The molecule has 6 heteroatoms. The van der Waals surface area contributed by atoms with E-state index in [4.69, 9.17) is 15.2 Å². The molecule has 0 amide bonds. The van der Waals surface area contributed by atoms with Gasteiger partial charge in [-0.25, -0.2) is 9.78 Å². The second kappa shape index (κ2) is 7.26. The molecule has 0 radical (unpaired) electrons. The van der Waals surface area contributed by atoms with E-state index in [0.717, 1.165) is 32.5 Å². The number of methoxy groups -OCH3 is 1. The normalized spacial score (nSPS) is 16.0. The summed E-state index contributed by atoms with van der Waals surface area (Å²) in [6, 6.07) is 1.64. The van der Waals surface area contributed by atoms with E-state index in [1.54, 1.807) is 26.3 Å². The van der Waals surface area contributed by atoms with Crippen molar-refractivity contribution in [3.8, 4) is 0 Å². The van der Waals surface area contributed by atoms with Crippen LogP contribution in [0.15, 0.2) is 12.3 Å². The van der Waals surface area contributed by atoms with Crippen molar-refractivity contribution in [2.24, 2.45) is 5.92 Å². The first kappa shape index (κ1) is 15.6. The van der Waals surface area contributed by atoms with Gasteiger partial charge in [0, 0.05) is 26.8 Å². The minimum atomic E-state index is -0.369. The highest BCUT2D eigenvalue weighted by Gasteiger charge is 2.24. The average molecular weight is 293 g/mol. The molecule has 21 heavy (non-hydrogen) atoms. The number of anilines is 2. The lowest BCUT2D eigenvalue weighted by Crippen LogP contribution is -2.36. The van der Waals surface area contributed by atoms with Crippen LogP contribution in [-0.4, -0.2) is 44.4 Å². The summed E-state index contributed by atoms with van der Waals surface area (Å²) in [6.45, 7) is 4.62. The topological polar surface area (TPSA) is 77.7 Å². The maximum atomic E-state index is 12.1. The Bertz CT molecular complexity index is 485. The molecule has 0 aromatic carbocycles. The molecule has 0 aliphatic carbocycles. The molecule has 6 nitrogen and oxygen atoms in total. The molecule has 1 fully saturated rings.